The van der Waals surface area contributed by atoms with Gasteiger partial charge in [0.15, 0.2) is 0 Å². The first-order valence-electron chi connectivity index (χ1n) is 0.667. The Morgan fingerprint density at radius 3 is 1.14 bits per heavy atom. The molecule has 0 bridgehead atoms. The van der Waals surface area contributed by atoms with Crippen LogP contribution in [0.25, 0.3) is 0 Å². The molecule has 0 saturated heterocycles. The van der Waals surface area contributed by atoms with Crippen molar-refractivity contribution in [3.63, 3.8) is 0 Å². The summed E-state index contributed by atoms with van der Waals surface area (Å²) in [4.78, 5) is 0. The van der Waals surface area contributed by atoms with E-state index in [9.17, 15) is 0 Å². The molecule has 0 heterocycles. The second-order valence-electron chi connectivity index (χ2n) is 0.408. The molecule has 0 aromatic rings. The van der Waals surface area contributed by atoms with Crippen LogP contribution in [-0.4, -0.2) is 17.5 Å². The zero-order valence-electron chi connectivity index (χ0n) is 3.46. The molecule has 0 saturated carbocycles. The summed E-state index contributed by atoms with van der Waals surface area (Å²) in [6.07, 6.45) is 0. The van der Waals surface area contributed by atoms with Crippen LogP contribution in [0.1, 0.15) is 0 Å². The number of hydrogen-bond acceptors (Lipinski definition) is 5. The maximum atomic E-state index is 8.52. The monoisotopic (exact) mass is 177 g/mol. The van der Waals surface area contributed by atoms with Gasteiger partial charge in [0, 0.05) is 10.4 Å². The van der Waals surface area contributed by atoms with E-state index < -0.39 is 10.4 Å². The molecule has 0 amide bonds. The minimum atomic E-state index is -5.17. The Kier molecular flexibility index (Phi) is 10.3. The standard InChI is InChI=1S/H3N.H2O4S.Zn/c;1-5(2,3)4;/h1H3;(H2,1,2,3,4);/q;;+2/p-2. The Hall–Kier alpha value is 0.453. The van der Waals surface area contributed by atoms with E-state index >= 15 is 0 Å². The van der Waals surface area contributed by atoms with Crippen LogP contribution in [0.4, 0.5) is 0 Å². The third-order valence-corrected chi connectivity index (χ3v) is 0. The first kappa shape index (κ1) is 15.7. The summed E-state index contributed by atoms with van der Waals surface area (Å²) in [5, 5.41) is 0. The summed E-state index contributed by atoms with van der Waals surface area (Å²) in [6.45, 7) is 0. The van der Waals surface area contributed by atoms with Gasteiger partial charge in [0.25, 0.3) is 0 Å². The van der Waals surface area contributed by atoms with E-state index in [0.717, 1.165) is 0 Å². The molecule has 0 rings (SSSR count). The van der Waals surface area contributed by atoms with Gasteiger partial charge in [-0.25, -0.2) is 0 Å². The molecule has 0 aliphatic rings. The minimum absolute atomic E-state index is 0. The quantitative estimate of drug-likeness (QED) is 0.285. The van der Waals surface area contributed by atoms with Crippen molar-refractivity contribution >= 4 is 10.4 Å². The van der Waals surface area contributed by atoms with Gasteiger partial charge in [-0.3, -0.25) is 8.42 Å². The van der Waals surface area contributed by atoms with E-state index in [4.69, 9.17) is 17.5 Å². The largest absolute Gasteiger partial charge is 2.00 e. The molecule has 0 spiro atoms. The summed E-state index contributed by atoms with van der Waals surface area (Å²) < 4.78 is 34.1. The van der Waals surface area contributed by atoms with Crippen LogP contribution in [0.2, 0.25) is 0 Å². The fourth-order valence-electron chi connectivity index (χ4n) is 0. The molecule has 0 aromatic carbocycles. The molecule has 0 fully saturated rings. The predicted molar refractivity (Wildman–Crippen MR) is 15.5 cm³/mol. The molecule has 0 unspecified atom stereocenters. The van der Waals surface area contributed by atoms with E-state index in [1.807, 2.05) is 0 Å². The van der Waals surface area contributed by atoms with E-state index in [-0.39, 0.29) is 25.6 Å². The fourth-order valence-corrected chi connectivity index (χ4v) is 0. The van der Waals surface area contributed by atoms with Crippen LogP contribution in [0.15, 0.2) is 0 Å². The molecule has 0 atom stereocenters. The van der Waals surface area contributed by atoms with E-state index in [1.54, 1.807) is 0 Å². The molecular formula is H3NO4SZn. The van der Waals surface area contributed by atoms with Crippen LogP contribution in [0.5, 0.6) is 0 Å². The number of rotatable bonds is 0. The molecule has 5 nitrogen and oxygen atoms in total. The van der Waals surface area contributed by atoms with Crippen molar-refractivity contribution in [2.24, 2.45) is 0 Å². The zero-order valence-corrected chi connectivity index (χ0v) is 7.24. The molecule has 40 valence electrons. The van der Waals surface area contributed by atoms with Crippen LogP contribution in [0.3, 0.4) is 0 Å². The Balaban J connectivity index is -0.0000000800. The van der Waals surface area contributed by atoms with Crippen molar-refractivity contribution in [3.05, 3.63) is 0 Å². The van der Waals surface area contributed by atoms with Crippen molar-refractivity contribution in [1.82, 2.24) is 6.15 Å². The van der Waals surface area contributed by atoms with Crippen molar-refractivity contribution in [3.8, 4) is 0 Å². The summed E-state index contributed by atoms with van der Waals surface area (Å²) in [5.41, 5.74) is 0. The topological polar surface area (TPSA) is 115 Å². The van der Waals surface area contributed by atoms with Gasteiger partial charge in [-0.05, 0) is 0 Å². The second kappa shape index (κ2) is 4.61. The number of hydrogen-bond donors (Lipinski definition) is 1. The Morgan fingerprint density at radius 1 is 1.14 bits per heavy atom. The van der Waals surface area contributed by atoms with Crippen LogP contribution in [-0.2, 0) is 29.9 Å². The summed E-state index contributed by atoms with van der Waals surface area (Å²) in [5.74, 6) is 0. The van der Waals surface area contributed by atoms with Crippen LogP contribution >= 0.6 is 0 Å². The maximum absolute atomic E-state index is 8.52. The van der Waals surface area contributed by atoms with Gasteiger partial charge < -0.3 is 15.3 Å². The van der Waals surface area contributed by atoms with Crippen molar-refractivity contribution in [2.75, 3.05) is 0 Å². The first-order valence-corrected chi connectivity index (χ1v) is 2.00. The predicted octanol–water partition coefficient (Wildman–Crippen LogP) is -1.18. The van der Waals surface area contributed by atoms with Gasteiger partial charge in [0.05, 0.1) is 0 Å². The molecule has 7 heavy (non-hydrogen) atoms. The summed E-state index contributed by atoms with van der Waals surface area (Å²) in [6, 6.07) is 0. The third-order valence-electron chi connectivity index (χ3n) is 0. The maximum Gasteiger partial charge on any atom is 2.00 e. The van der Waals surface area contributed by atoms with Gasteiger partial charge >= 0.3 is 19.5 Å². The minimum Gasteiger partial charge on any atom is -0.759 e. The summed E-state index contributed by atoms with van der Waals surface area (Å²) >= 11 is 0. The van der Waals surface area contributed by atoms with Gasteiger partial charge in [-0.2, -0.15) is 0 Å². The molecule has 7 heteroatoms. The Labute approximate surface area is 54.0 Å². The first-order chi connectivity index (χ1) is 2.00. The molecular weight excluding hydrogens is 175 g/mol. The third kappa shape index (κ3) is 623. The van der Waals surface area contributed by atoms with E-state index in [0.29, 0.717) is 0 Å². The van der Waals surface area contributed by atoms with Gasteiger partial charge in [-0.1, -0.05) is 0 Å². The van der Waals surface area contributed by atoms with Gasteiger partial charge in [-0.15, -0.1) is 0 Å². The smallest absolute Gasteiger partial charge is 0.759 e. The van der Waals surface area contributed by atoms with E-state index in [1.165, 1.54) is 0 Å². The average Bonchev–Trinajstić information content (AvgIpc) is 0.722. The molecule has 0 aromatic heterocycles. The summed E-state index contributed by atoms with van der Waals surface area (Å²) in [7, 11) is -5.17. The zero-order chi connectivity index (χ0) is 4.50. The van der Waals surface area contributed by atoms with Crippen LogP contribution < -0.4 is 6.15 Å². The molecule has 3 N–H and O–H groups in total. The average molecular weight is 178 g/mol. The van der Waals surface area contributed by atoms with Gasteiger partial charge in [0.1, 0.15) is 0 Å². The van der Waals surface area contributed by atoms with E-state index in [2.05, 4.69) is 0 Å². The van der Waals surface area contributed by atoms with Crippen molar-refractivity contribution in [2.45, 2.75) is 0 Å². The fraction of sp³-hybridized carbons (Fsp3) is 0. The second-order valence-corrected chi connectivity index (χ2v) is 1.22. The SMILES string of the molecule is N.O=S(=O)([O-])[O-].[Zn+2]. The Morgan fingerprint density at radius 2 is 1.14 bits per heavy atom. The van der Waals surface area contributed by atoms with Crippen LogP contribution in [0, 0.1) is 0 Å². The van der Waals surface area contributed by atoms with Crippen molar-refractivity contribution in [1.29, 1.82) is 0 Å². The molecule has 0 radical (unpaired) electrons. The molecule has 0 aliphatic heterocycles. The normalized spacial score (nSPS) is 8.29. The van der Waals surface area contributed by atoms with Crippen molar-refractivity contribution < 1.29 is 37.0 Å². The Bertz CT molecular complexity index is 94.9. The molecule has 0 aliphatic carbocycles. The van der Waals surface area contributed by atoms with Gasteiger partial charge in [0.2, 0.25) is 0 Å².